The lowest BCUT2D eigenvalue weighted by Crippen LogP contribution is -2.63. The van der Waals surface area contributed by atoms with Crippen molar-refractivity contribution in [2.45, 2.75) is 56.6 Å². The van der Waals surface area contributed by atoms with Crippen LogP contribution in [0.25, 0.3) is 0 Å². The number of fused-ring (bicyclic) bond motifs is 1. The minimum Gasteiger partial charge on any atom is -0.368 e. The number of terminal acetylenes is 1. The Morgan fingerprint density at radius 1 is 0.730 bits per heavy atom. The monoisotopic (exact) mass is 500 g/mol. The lowest BCUT2D eigenvalue weighted by atomic mass is 9.97. The van der Waals surface area contributed by atoms with Crippen LogP contribution in [0.1, 0.15) is 29.4 Å². The Hall–Kier alpha value is -3.02. The van der Waals surface area contributed by atoms with E-state index in [0.29, 0.717) is 32.8 Å². The average molecular weight is 501 g/mol. The Labute approximate surface area is 218 Å². The van der Waals surface area contributed by atoms with Crippen LogP contribution in [0.2, 0.25) is 0 Å². The fraction of sp³-hybridized carbons (Fsp3) is 0.355. The van der Waals surface area contributed by atoms with Gasteiger partial charge >= 0.3 is 0 Å². The van der Waals surface area contributed by atoms with Gasteiger partial charge in [0.1, 0.15) is 24.4 Å². The zero-order valence-corrected chi connectivity index (χ0v) is 20.7. The van der Waals surface area contributed by atoms with Crippen molar-refractivity contribution in [2.24, 2.45) is 0 Å². The van der Waals surface area contributed by atoms with Crippen LogP contribution in [0, 0.1) is 12.3 Å². The molecule has 3 aromatic carbocycles. The van der Waals surface area contributed by atoms with E-state index in [9.17, 15) is 0 Å². The van der Waals surface area contributed by atoms with Crippen LogP contribution in [0.4, 0.5) is 0 Å². The molecule has 2 saturated heterocycles. The summed E-state index contributed by atoms with van der Waals surface area (Å²) in [4.78, 5) is 0. The highest BCUT2D eigenvalue weighted by Crippen LogP contribution is 2.37. The maximum atomic E-state index is 6.55. The SMILES string of the molecule is C#CCCO[C@@H]1O[C@@H]2CO[C@@H](c3ccccc3)O[C@H]2[C@H](OCc2ccccc2)[C@H]1OCc1ccccc1. The van der Waals surface area contributed by atoms with E-state index < -0.39 is 30.9 Å². The molecule has 2 aliphatic heterocycles. The first-order valence-electron chi connectivity index (χ1n) is 12.7. The van der Waals surface area contributed by atoms with E-state index in [1.165, 1.54) is 0 Å². The first-order valence-corrected chi connectivity index (χ1v) is 12.7. The molecule has 6 atom stereocenters. The van der Waals surface area contributed by atoms with E-state index in [1.807, 2.05) is 91.0 Å². The minimum absolute atomic E-state index is 0.343. The molecular weight excluding hydrogens is 468 g/mol. The smallest absolute Gasteiger partial charge is 0.186 e. The van der Waals surface area contributed by atoms with Crippen molar-refractivity contribution in [1.29, 1.82) is 0 Å². The summed E-state index contributed by atoms with van der Waals surface area (Å²) >= 11 is 0. The van der Waals surface area contributed by atoms with E-state index in [2.05, 4.69) is 5.92 Å². The van der Waals surface area contributed by atoms with Crippen LogP contribution in [0.15, 0.2) is 91.0 Å². The average Bonchev–Trinajstić information content (AvgIpc) is 2.96. The quantitative estimate of drug-likeness (QED) is 0.287. The number of ether oxygens (including phenoxy) is 6. The molecule has 0 saturated carbocycles. The molecule has 0 radical (unpaired) electrons. The lowest BCUT2D eigenvalue weighted by molar-refractivity contribution is -0.372. The number of rotatable bonds is 10. The van der Waals surface area contributed by atoms with Gasteiger partial charge in [-0.05, 0) is 11.1 Å². The Morgan fingerprint density at radius 3 is 1.95 bits per heavy atom. The summed E-state index contributed by atoms with van der Waals surface area (Å²) in [6.07, 6.45) is 2.92. The normalized spacial score (nSPS) is 27.2. The van der Waals surface area contributed by atoms with Gasteiger partial charge in [0.2, 0.25) is 0 Å². The summed E-state index contributed by atoms with van der Waals surface area (Å²) in [5.74, 6) is 2.62. The summed E-state index contributed by atoms with van der Waals surface area (Å²) in [5, 5.41) is 0. The van der Waals surface area contributed by atoms with Gasteiger partial charge in [0.25, 0.3) is 0 Å². The second kappa shape index (κ2) is 13.0. The molecule has 192 valence electrons. The number of hydrogen-bond donors (Lipinski definition) is 0. The Kier molecular flexibility index (Phi) is 8.99. The van der Waals surface area contributed by atoms with Crippen molar-refractivity contribution < 1.29 is 28.4 Å². The molecule has 0 aromatic heterocycles. The van der Waals surface area contributed by atoms with Gasteiger partial charge in [-0.3, -0.25) is 0 Å². The largest absolute Gasteiger partial charge is 0.368 e. The van der Waals surface area contributed by atoms with Crippen LogP contribution >= 0.6 is 0 Å². The van der Waals surface area contributed by atoms with E-state index in [1.54, 1.807) is 0 Å². The van der Waals surface area contributed by atoms with Crippen LogP contribution in [-0.2, 0) is 41.6 Å². The third-order valence-electron chi connectivity index (χ3n) is 6.45. The van der Waals surface area contributed by atoms with E-state index in [0.717, 1.165) is 16.7 Å². The van der Waals surface area contributed by atoms with Crippen molar-refractivity contribution in [3.05, 3.63) is 108 Å². The van der Waals surface area contributed by atoms with Gasteiger partial charge < -0.3 is 28.4 Å². The van der Waals surface area contributed by atoms with Crippen molar-refractivity contribution in [3.63, 3.8) is 0 Å². The number of hydrogen-bond acceptors (Lipinski definition) is 6. The fourth-order valence-corrected chi connectivity index (χ4v) is 4.59. The van der Waals surface area contributed by atoms with Gasteiger partial charge in [0.05, 0.1) is 26.4 Å². The van der Waals surface area contributed by atoms with Gasteiger partial charge in [-0.25, -0.2) is 0 Å². The van der Waals surface area contributed by atoms with Crippen LogP contribution < -0.4 is 0 Å². The zero-order valence-electron chi connectivity index (χ0n) is 20.7. The summed E-state index contributed by atoms with van der Waals surface area (Å²) in [7, 11) is 0. The topological polar surface area (TPSA) is 55.4 Å². The number of benzene rings is 3. The molecule has 5 rings (SSSR count). The molecule has 6 nitrogen and oxygen atoms in total. The maximum Gasteiger partial charge on any atom is 0.186 e. The van der Waals surface area contributed by atoms with Crippen molar-refractivity contribution in [2.75, 3.05) is 13.2 Å². The third-order valence-corrected chi connectivity index (χ3v) is 6.45. The maximum absolute atomic E-state index is 6.55. The van der Waals surface area contributed by atoms with E-state index in [-0.39, 0.29) is 6.10 Å². The van der Waals surface area contributed by atoms with Crippen LogP contribution in [0.5, 0.6) is 0 Å². The molecule has 37 heavy (non-hydrogen) atoms. The zero-order chi connectivity index (χ0) is 25.3. The van der Waals surface area contributed by atoms with Gasteiger partial charge in [-0.2, -0.15) is 0 Å². The first kappa shape index (κ1) is 25.6. The standard InChI is InChI=1S/C31H32O6/c1-2-3-19-32-31-29(34-21-24-15-9-5-10-16-24)28(33-20-23-13-7-4-8-14-23)27-26(36-31)22-35-30(37-27)25-17-11-6-12-18-25/h1,4-18,26-31H,3,19-22H2/t26-,27-,28+,29-,30-,31-/m1/s1. The van der Waals surface area contributed by atoms with Crippen LogP contribution in [0.3, 0.4) is 0 Å². The predicted octanol–water partition coefficient (Wildman–Crippen LogP) is 5.04. The van der Waals surface area contributed by atoms with Crippen LogP contribution in [-0.4, -0.2) is 43.9 Å². The Bertz CT molecular complexity index is 1120. The van der Waals surface area contributed by atoms with Crippen molar-refractivity contribution >= 4 is 0 Å². The van der Waals surface area contributed by atoms with Gasteiger partial charge in [0, 0.05) is 12.0 Å². The molecule has 2 heterocycles. The molecule has 0 N–H and O–H groups in total. The Morgan fingerprint density at radius 2 is 1.32 bits per heavy atom. The van der Waals surface area contributed by atoms with E-state index in [4.69, 9.17) is 34.8 Å². The molecule has 0 spiro atoms. The van der Waals surface area contributed by atoms with E-state index >= 15 is 0 Å². The second-order valence-electron chi connectivity index (χ2n) is 9.07. The third kappa shape index (κ3) is 6.65. The van der Waals surface area contributed by atoms with Crippen molar-refractivity contribution in [3.8, 4) is 12.3 Å². The first-order chi connectivity index (χ1) is 18.3. The molecule has 0 amide bonds. The minimum atomic E-state index is -0.681. The highest BCUT2D eigenvalue weighted by atomic mass is 16.8. The second-order valence-corrected chi connectivity index (χ2v) is 9.07. The molecule has 3 aromatic rings. The summed E-state index contributed by atoms with van der Waals surface area (Å²) in [6.45, 7) is 1.47. The molecule has 2 fully saturated rings. The van der Waals surface area contributed by atoms with Crippen molar-refractivity contribution in [1.82, 2.24) is 0 Å². The predicted molar refractivity (Wildman–Crippen MR) is 138 cm³/mol. The molecule has 0 bridgehead atoms. The molecule has 6 heteroatoms. The molecule has 0 aliphatic carbocycles. The summed E-state index contributed by atoms with van der Waals surface area (Å²) < 4.78 is 38.0. The fourth-order valence-electron chi connectivity index (χ4n) is 4.59. The van der Waals surface area contributed by atoms with Gasteiger partial charge in [-0.1, -0.05) is 91.0 Å². The Balaban J connectivity index is 1.40. The lowest BCUT2D eigenvalue weighted by Gasteiger charge is -2.49. The summed E-state index contributed by atoms with van der Waals surface area (Å²) in [5.41, 5.74) is 3.05. The highest BCUT2D eigenvalue weighted by molar-refractivity contribution is 5.17. The summed E-state index contributed by atoms with van der Waals surface area (Å²) in [6, 6.07) is 29.9. The molecular formula is C31H32O6. The van der Waals surface area contributed by atoms with Gasteiger partial charge in [0.15, 0.2) is 12.6 Å². The van der Waals surface area contributed by atoms with Gasteiger partial charge in [-0.15, -0.1) is 12.3 Å². The molecule has 0 unspecified atom stereocenters. The highest BCUT2D eigenvalue weighted by Gasteiger charge is 2.51. The molecule has 2 aliphatic rings.